The number of pyridine rings is 1. The minimum absolute atomic E-state index is 0.232. The van der Waals surface area contributed by atoms with Crippen LogP contribution in [0, 0.1) is 23.6 Å². The van der Waals surface area contributed by atoms with Gasteiger partial charge in [0.1, 0.15) is 5.82 Å². The van der Waals surface area contributed by atoms with Crippen LogP contribution in [0.4, 0.5) is 4.39 Å². The van der Waals surface area contributed by atoms with E-state index in [1.54, 1.807) is 6.07 Å². The molecule has 0 saturated carbocycles. The Morgan fingerprint density at radius 2 is 1.90 bits per heavy atom. The van der Waals surface area contributed by atoms with Gasteiger partial charge in [0, 0.05) is 5.69 Å². The van der Waals surface area contributed by atoms with E-state index < -0.39 is 0 Å². The van der Waals surface area contributed by atoms with Gasteiger partial charge in [0.05, 0.1) is 6.20 Å². The normalized spacial score (nSPS) is 13.5. The Balaban J connectivity index is 2.93. The van der Waals surface area contributed by atoms with E-state index in [0.717, 1.165) is 24.9 Å². The molecule has 0 aliphatic rings. The smallest absolute Gasteiger partial charge is 0.158 e. The van der Waals surface area contributed by atoms with Crippen LogP contribution in [0.3, 0.4) is 0 Å². The SMILES string of the molecule is C/C=C(/BCC(C)(C)C(C)(C)C)c1cc(F)cnc1C. The van der Waals surface area contributed by atoms with E-state index in [2.05, 4.69) is 45.7 Å². The molecule has 0 aromatic carbocycles. The molecule has 1 rings (SSSR count). The predicted octanol–water partition coefficient (Wildman–Crippen LogP) is 4.82. The maximum absolute atomic E-state index is 13.4. The minimum atomic E-state index is -0.264. The largest absolute Gasteiger partial charge is 0.258 e. The van der Waals surface area contributed by atoms with Crippen molar-refractivity contribution in [2.45, 2.75) is 54.8 Å². The minimum Gasteiger partial charge on any atom is -0.258 e. The Bertz CT molecular complexity index is 498. The summed E-state index contributed by atoms with van der Waals surface area (Å²) in [6.07, 6.45) is 4.44. The highest BCUT2D eigenvalue weighted by Crippen LogP contribution is 2.41. The number of hydrogen-bond donors (Lipinski definition) is 0. The van der Waals surface area contributed by atoms with E-state index in [0.29, 0.717) is 0 Å². The van der Waals surface area contributed by atoms with Gasteiger partial charge < -0.3 is 0 Å². The van der Waals surface area contributed by atoms with Crippen LogP contribution in [-0.2, 0) is 0 Å². The summed E-state index contributed by atoms with van der Waals surface area (Å²) in [5, 5.41) is 0. The lowest BCUT2D eigenvalue weighted by Gasteiger charge is -2.39. The van der Waals surface area contributed by atoms with Crippen molar-refractivity contribution in [3.8, 4) is 0 Å². The van der Waals surface area contributed by atoms with Gasteiger partial charge in [-0.1, -0.05) is 52.5 Å². The van der Waals surface area contributed by atoms with E-state index in [4.69, 9.17) is 0 Å². The van der Waals surface area contributed by atoms with E-state index in [9.17, 15) is 4.39 Å². The Morgan fingerprint density at radius 3 is 2.40 bits per heavy atom. The molecule has 1 aromatic heterocycles. The summed E-state index contributed by atoms with van der Waals surface area (Å²) in [5.41, 5.74) is 3.51. The first-order valence-corrected chi connectivity index (χ1v) is 7.36. The third kappa shape index (κ3) is 3.94. The predicted molar refractivity (Wildman–Crippen MR) is 87.8 cm³/mol. The molecule has 0 unspecified atom stereocenters. The van der Waals surface area contributed by atoms with Crippen LogP contribution in [-0.4, -0.2) is 12.3 Å². The molecule has 0 N–H and O–H groups in total. The van der Waals surface area contributed by atoms with E-state index >= 15 is 0 Å². The number of nitrogens with zero attached hydrogens (tertiary/aromatic N) is 1. The second kappa shape index (κ2) is 6.11. The maximum Gasteiger partial charge on any atom is 0.158 e. The van der Waals surface area contributed by atoms with Crippen LogP contribution in [0.15, 0.2) is 18.3 Å². The van der Waals surface area contributed by atoms with Crippen LogP contribution < -0.4 is 0 Å². The maximum atomic E-state index is 13.4. The quantitative estimate of drug-likeness (QED) is 0.718. The third-order valence-electron chi connectivity index (χ3n) is 4.80. The first-order valence-electron chi connectivity index (χ1n) is 7.36. The fourth-order valence-electron chi connectivity index (χ4n) is 2.09. The molecule has 1 heterocycles. The topological polar surface area (TPSA) is 12.9 Å². The molecule has 0 spiro atoms. The van der Waals surface area contributed by atoms with Crippen LogP contribution in [0.2, 0.25) is 6.32 Å². The summed E-state index contributed by atoms with van der Waals surface area (Å²) in [7, 11) is 0.951. The van der Waals surface area contributed by atoms with Gasteiger partial charge in [0.2, 0.25) is 0 Å². The summed E-state index contributed by atoms with van der Waals surface area (Å²) >= 11 is 0. The molecule has 20 heavy (non-hydrogen) atoms. The molecule has 3 heteroatoms. The second-order valence-electron chi connectivity index (χ2n) is 7.23. The first-order chi connectivity index (χ1) is 9.08. The molecule has 0 aliphatic carbocycles. The average molecular weight is 275 g/mol. The fraction of sp³-hybridized carbons (Fsp3) is 0.588. The number of aromatic nitrogens is 1. The lowest BCUT2D eigenvalue weighted by atomic mass is 9.52. The molecule has 0 fully saturated rings. The molecule has 0 amide bonds. The van der Waals surface area contributed by atoms with Crippen molar-refractivity contribution in [1.82, 2.24) is 4.98 Å². The van der Waals surface area contributed by atoms with Gasteiger partial charge in [-0.3, -0.25) is 4.98 Å². The van der Waals surface area contributed by atoms with Gasteiger partial charge in [-0.05, 0) is 36.3 Å². The standard InChI is InChI=1S/C17H27BFN/c1-8-15(14-9-13(19)10-20-12(14)2)18-11-17(6,7)16(3,4)5/h8-10,18H,11H2,1-7H3/b15-8+. The summed E-state index contributed by atoms with van der Waals surface area (Å²) in [4.78, 5) is 4.12. The number of allylic oxidation sites excluding steroid dienone is 1. The first kappa shape index (κ1) is 16.9. The van der Waals surface area contributed by atoms with Crippen molar-refractivity contribution in [1.29, 1.82) is 0 Å². The van der Waals surface area contributed by atoms with Crippen LogP contribution in [0.25, 0.3) is 5.47 Å². The number of halogens is 1. The molecule has 1 nitrogen and oxygen atoms in total. The Labute approximate surface area is 123 Å². The monoisotopic (exact) mass is 275 g/mol. The zero-order chi connectivity index (χ0) is 15.6. The van der Waals surface area contributed by atoms with Crippen molar-refractivity contribution in [2.24, 2.45) is 10.8 Å². The van der Waals surface area contributed by atoms with Gasteiger partial charge in [-0.15, -0.1) is 0 Å². The van der Waals surface area contributed by atoms with Crippen molar-refractivity contribution >= 4 is 12.8 Å². The highest BCUT2D eigenvalue weighted by atomic mass is 19.1. The second-order valence-corrected chi connectivity index (χ2v) is 7.23. The summed E-state index contributed by atoms with van der Waals surface area (Å²) < 4.78 is 13.4. The van der Waals surface area contributed by atoms with Crippen LogP contribution in [0.1, 0.15) is 52.8 Å². The van der Waals surface area contributed by atoms with Crippen LogP contribution in [0.5, 0.6) is 0 Å². The molecule has 0 aliphatic heterocycles. The van der Waals surface area contributed by atoms with Crippen molar-refractivity contribution in [3.05, 3.63) is 35.4 Å². The van der Waals surface area contributed by atoms with Crippen LogP contribution >= 0.6 is 0 Å². The van der Waals surface area contributed by atoms with E-state index in [1.165, 1.54) is 11.7 Å². The average Bonchev–Trinajstić information content (AvgIpc) is 2.32. The zero-order valence-electron chi connectivity index (χ0n) is 14.0. The van der Waals surface area contributed by atoms with Crippen molar-refractivity contribution < 1.29 is 4.39 Å². The number of aryl methyl sites for hydroxylation is 1. The summed E-state index contributed by atoms with van der Waals surface area (Å²) in [5.74, 6) is -0.264. The van der Waals surface area contributed by atoms with Crippen molar-refractivity contribution in [3.63, 3.8) is 0 Å². The molecule has 0 radical (unpaired) electrons. The number of hydrogen-bond acceptors (Lipinski definition) is 1. The van der Waals surface area contributed by atoms with E-state index in [-0.39, 0.29) is 16.6 Å². The third-order valence-corrected chi connectivity index (χ3v) is 4.80. The van der Waals surface area contributed by atoms with Gasteiger partial charge in [0.25, 0.3) is 0 Å². The number of rotatable bonds is 4. The molecule has 110 valence electrons. The molecule has 0 saturated heterocycles. The lowest BCUT2D eigenvalue weighted by Crippen LogP contribution is -2.30. The molecular formula is C17H27BFN. The molecule has 0 bridgehead atoms. The molecule has 0 atom stereocenters. The fourth-order valence-corrected chi connectivity index (χ4v) is 2.09. The summed E-state index contributed by atoms with van der Waals surface area (Å²) in [6.45, 7) is 15.4. The Kier molecular flexibility index (Phi) is 5.18. The van der Waals surface area contributed by atoms with Gasteiger partial charge in [0.15, 0.2) is 7.28 Å². The van der Waals surface area contributed by atoms with Gasteiger partial charge in [-0.25, -0.2) is 4.39 Å². The molecule has 1 aromatic rings. The highest BCUT2D eigenvalue weighted by molar-refractivity contribution is 6.61. The Hall–Kier alpha value is -1.12. The van der Waals surface area contributed by atoms with Gasteiger partial charge in [-0.2, -0.15) is 0 Å². The highest BCUT2D eigenvalue weighted by Gasteiger charge is 2.32. The van der Waals surface area contributed by atoms with Gasteiger partial charge >= 0.3 is 0 Å². The zero-order valence-corrected chi connectivity index (χ0v) is 14.0. The summed E-state index contributed by atoms with van der Waals surface area (Å²) in [6, 6.07) is 1.60. The molecular weight excluding hydrogens is 248 g/mol. The lowest BCUT2D eigenvalue weighted by molar-refractivity contribution is 0.157. The van der Waals surface area contributed by atoms with Crippen molar-refractivity contribution in [2.75, 3.05) is 0 Å². The van der Waals surface area contributed by atoms with E-state index in [1.807, 2.05) is 13.8 Å². The Morgan fingerprint density at radius 1 is 1.30 bits per heavy atom.